The molecule has 0 atom stereocenters. The largest absolute Gasteiger partial charge is 0.457 e. The van der Waals surface area contributed by atoms with E-state index >= 15 is 0 Å². The van der Waals surface area contributed by atoms with Crippen LogP contribution in [0.3, 0.4) is 0 Å². The van der Waals surface area contributed by atoms with Crippen LogP contribution in [0.1, 0.15) is 0 Å². The van der Waals surface area contributed by atoms with Gasteiger partial charge in [-0.1, -0.05) is 46.7 Å². The molecule has 0 fully saturated rings. The van der Waals surface area contributed by atoms with E-state index < -0.39 is 6.03 Å². The van der Waals surface area contributed by atoms with Crippen molar-refractivity contribution in [3.05, 3.63) is 101 Å². The number of carbonyl (C=O) groups excluding carboxylic acids is 1. The smallest absolute Gasteiger partial charge is 0.323 e. The number of aromatic nitrogens is 1. The van der Waals surface area contributed by atoms with Gasteiger partial charge in [0, 0.05) is 17.1 Å². The number of urea groups is 1. The third kappa shape index (κ3) is 5.84. The first-order valence-electron chi connectivity index (χ1n) is 10.6. The standard InChI is InChI=1S/C26H18Cl2N4O2S/c27-21-14-9-18(15-22(21)28)30-25(33)29-16-5-10-19(11-6-16)34-20-12-7-17(8-13-20)31-26-32-23-3-1-2-4-24(23)35-26/h1-15H,(H,31,32)(H2,29,30,33). The number of halogens is 2. The molecule has 0 unspecified atom stereocenters. The van der Waals surface area contributed by atoms with Gasteiger partial charge < -0.3 is 20.7 Å². The fourth-order valence-corrected chi connectivity index (χ4v) is 4.45. The van der Waals surface area contributed by atoms with Crippen molar-refractivity contribution >= 4 is 73.0 Å². The second-order valence-electron chi connectivity index (χ2n) is 7.47. The molecular formula is C26H18Cl2N4O2S. The molecule has 6 nitrogen and oxygen atoms in total. The van der Waals surface area contributed by atoms with Gasteiger partial charge in [-0.25, -0.2) is 9.78 Å². The molecule has 5 aromatic rings. The number of benzene rings is 4. The van der Waals surface area contributed by atoms with Gasteiger partial charge in [0.1, 0.15) is 11.5 Å². The highest BCUT2D eigenvalue weighted by atomic mass is 35.5. The number of fused-ring (bicyclic) bond motifs is 1. The van der Waals surface area contributed by atoms with Crippen LogP contribution >= 0.6 is 34.5 Å². The fraction of sp³-hybridized carbons (Fsp3) is 0. The zero-order chi connectivity index (χ0) is 24.2. The fourth-order valence-electron chi connectivity index (χ4n) is 3.27. The molecule has 1 heterocycles. The van der Waals surface area contributed by atoms with E-state index in [0.717, 1.165) is 21.0 Å². The van der Waals surface area contributed by atoms with Gasteiger partial charge in [0.05, 0.1) is 20.3 Å². The van der Waals surface area contributed by atoms with Gasteiger partial charge in [-0.05, 0) is 78.9 Å². The molecule has 174 valence electrons. The molecule has 0 radical (unpaired) electrons. The first-order valence-corrected chi connectivity index (χ1v) is 12.1. The van der Waals surface area contributed by atoms with E-state index in [1.54, 1.807) is 53.8 Å². The van der Waals surface area contributed by atoms with Crippen LogP contribution < -0.4 is 20.7 Å². The number of hydrogen-bond donors (Lipinski definition) is 3. The molecule has 35 heavy (non-hydrogen) atoms. The molecule has 1 aromatic heterocycles. The Morgan fingerprint density at radius 1 is 0.743 bits per heavy atom. The van der Waals surface area contributed by atoms with Crippen molar-refractivity contribution in [1.29, 1.82) is 0 Å². The predicted molar refractivity (Wildman–Crippen MR) is 145 cm³/mol. The normalized spacial score (nSPS) is 10.7. The Morgan fingerprint density at radius 2 is 1.37 bits per heavy atom. The summed E-state index contributed by atoms with van der Waals surface area (Å²) in [7, 11) is 0. The molecule has 4 aromatic carbocycles. The van der Waals surface area contributed by atoms with Crippen LogP contribution in [0, 0.1) is 0 Å². The molecular weight excluding hydrogens is 503 g/mol. The third-order valence-corrected chi connectivity index (χ3v) is 6.62. The molecule has 0 aliphatic carbocycles. The van der Waals surface area contributed by atoms with Crippen LogP contribution in [0.5, 0.6) is 11.5 Å². The van der Waals surface area contributed by atoms with Crippen molar-refractivity contribution in [2.75, 3.05) is 16.0 Å². The van der Waals surface area contributed by atoms with Crippen molar-refractivity contribution in [2.45, 2.75) is 0 Å². The van der Waals surface area contributed by atoms with Crippen LogP contribution in [0.25, 0.3) is 10.2 Å². The average Bonchev–Trinajstić information content (AvgIpc) is 3.26. The Balaban J connectivity index is 1.16. The number of nitrogens with zero attached hydrogens (tertiary/aromatic N) is 1. The summed E-state index contributed by atoms with van der Waals surface area (Å²) in [6, 6.07) is 27.2. The molecule has 5 rings (SSSR count). The van der Waals surface area contributed by atoms with Gasteiger partial charge in [0.25, 0.3) is 0 Å². The molecule has 2 amide bonds. The third-order valence-electron chi connectivity index (χ3n) is 4.92. The molecule has 0 saturated heterocycles. The zero-order valence-electron chi connectivity index (χ0n) is 18.1. The van der Waals surface area contributed by atoms with Crippen LogP contribution in [0.4, 0.5) is 27.0 Å². The van der Waals surface area contributed by atoms with E-state index in [4.69, 9.17) is 27.9 Å². The summed E-state index contributed by atoms with van der Waals surface area (Å²) < 4.78 is 7.05. The highest BCUT2D eigenvalue weighted by molar-refractivity contribution is 7.22. The summed E-state index contributed by atoms with van der Waals surface area (Å²) in [5.41, 5.74) is 3.05. The number of thiazole rings is 1. The summed E-state index contributed by atoms with van der Waals surface area (Å²) in [5.74, 6) is 1.34. The Bertz CT molecular complexity index is 1460. The molecule has 0 bridgehead atoms. The Kier molecular flexibility index (Phi) is 6.72. The van der Waals surface area contributed by atoms with Crippen LogP contribution in [0.15, 0.2) is 91.0 Å². The average molecular weight is 521 g/mol. The highest BCUT2D eigenvalue weighted by Gasteiger charge is 2.07. The molecule has 0 aliphatic rings. The number of rotatable bonds is 6. The molecule has 9 heteroatoms. The minimum absolute atomic E-state index is 0.367. The number of para-hydroxylation sites is 1. The minimum Gasteiger partial charge on any atom is -0.457 e. The topological polar surface area (TPSA) is 75.3 Å². The second kappa shape index (κ2) is 10.2. The molecule has 0 aliphatic heterocycles. The lowest BCUT2D eigenvalue weighted by Crippen LogP contribution is -2.19. The van der Waals surface area contributed by atoms with E-state index in [1.165, 1.54) is 0 Å². The minimum atomic E-state index is -0.395. The number of carbonyl (C=O) groups is 1. The summed E-state index contributed by atoms with van der Waals surface area (Å²) in [5, 5.41) is 10.4. The van der Waals surface area contributed by atoms with E-state index in [9.17, 15) is 4.79 Å². The van der Waals surface area contributed by atoms with Crippen LogP contribution in [0.2, 0.25) is 10.0 Å². The molecule has 0 spiro atoms. The second-order valence-corrected chi connectivity index (χ2v) is 9.32. The van der Waals surface area contributed by atoms with Crippen molar-refractivity contribution in [3.8, 4) is 11.5 Å². The summed E-state index contributed by atoms with van der Waals surface area (Å²) in [6.45, 7) is 0. The Labute approximate surface area is 215 Å². The summed E-state index contributed by atoms with van der Waals surface area (Å²) in [4.78, 5) is 16.8. The lowest BCUT2D eigenvalue weighted by molar-refractivity contribution is 0.262. The molecule has 0 saturated carbocycles. The van der Waals surface area contributed by atoms with E-state index in [1.807, 2.05) is 42.5 Å². The number of anilines is 4. The first-order chi connectivity index (χ1) is 17.0. The summed E-state index contributed by atoms with van der Waals surface area (Å²) >= 11 is 13.5. The van der Waals surface area contributed by atoms with Crippen LogP contribution in [-0.2, 0) is 0 Å². The zero-order valence-corrected chi connectivity index (χ0v) is 20.4. The quantitative estimate of drug-likeness (QED) is 0.209. The maximum absolute atomic E-state index is 12.2. The van der Waals surface area contributed by atoms with E-state index in [0.29, 0.717) is 32.9 Å². The van der Waals surface area contributed by atoms with Gasteiger partial charge in [-0.3, -0.25) is 0 Å². The highest BCUT2D eigenvalue weighted by Crippen LogP contribution is 2.30. The lowest BCUT2D eigenvalue weighted by atomic mass is 10.3. The van der Waals surface area contributed by atoms with Gasteiger partial charge in [0.15, 0.2) is 5.13 Å². The van der Waals surface area contributed by atoms with Gasteiger partial charge in [0.2, 0.25) is 0 Å². The molecule has 3 N–H and O–H groups in total. The van der Waals surface area contributed by atoms with Gasteiger partial charge >= 0.3 is 6.03 Å². The summed E-state index contributed by atoms with van der Waals surface area (Å²) in [6.07, 6.45) is 0. The predicted octanol–water partition coefficient (Wildman–Crippen LogP) is 8.78. The Morgan fingerprint density at radius 3 is 2.06 bits per heavy atom. The van der Waals surface area contributed by atoms with Crippen molar-refractivity contribution in [1.82, 2.24) is 4.98 Å². The van der Waals surface area contributed by atoms with Crippen molar-refractivity contribution in [3.63, 3.8) is 0 Å². The lowest BCUT2D eigenvalue weighted by Gasteiger charge is -2.10. The van der Waals surface area contributed by atoms with Crippen LogP contribution in [-0.4, -0.2) is 11.0 Å². The number of amides is 2. The van der Waals surface area contributed by atoms with Gasteiger partial charge in [-0.15, -0.1) is 0 Å². The number of ether oxygens (including phenoxy) is 1. The monoisotopic (exact) mass is 520 g/mol. The first kappa shape index (κ1) is 23.0. The Hall–Kier alpha value is -3.78. The maximum Gasteiger partial charge on any atom is 0.323 e. The van der Waals surface area contributed by atoms with E-state index in [2.05, 4.69) is 27.0 Å². The van der Waals surface area contributed by atoms with Crippen molar-refractivity contribution < 1.29 is 9.53 Å². The van der Waals surface area contributed by atoms with Crippen molar-refractivity contribution in [2.24, 2.45) is 0 Å². The maximum atomic E-state index is 12.2. The number of hydrogen-bond acceptors (Lipinski definition) is 5. The SMILES string of the molecule is O=C(Nc1ccc(Oc2ccc(Nc3nc4ccccc4s3)cc2)cc1)Nc1ccc(Cl)c(Cl)c1. The number of nitrogens with one attached hydrogen (secondary N) is 3. The van der Waals surface area contributed by atoms with E-state index in [-0.39, 0.29) is 0 Å². The van der Waals surface area contributed by atoms with Gasteiger partial charge in [-0.2, -0.15) is 0 Å².